The number of non-ortho nitro benzene ring substituents is 1. The van der Waals surface area contributed by atoms with Crippen LogP contribution in [-0.4, -0.2) is 74.1 Å². The fourth-order valence-corrected chi connectivity index (χ4v) is 5.10. The highest BCUT2D eigenvalue weighted by Crippen LogP contribution is 2.28. The van der Waals surface area contributed by atoms with Crippen LogP contribution in [0.3, 0.4) is 0 Å². The molecular formula is C29H35N3O7S. The van der Waals surface area contributed by atoms with Gasteiger partial charge in [-0.25, -0.2) is 0 Å². The summed E-state index contributed by atoms with van der Waals surface area (Å²) in [7, 11) is 4.72. The van der Waals surface area contributed by atoms with Crippen LogP contribution in [0.25, 0.3) is 0 Å². The molecule has 0 saturated heterocycles. The smallest absolute Gasteiger partial charge is 0.270 e. The molecule has 0 fully saturated rings. The second kappa shape index (κ2) is 15.0. The molecule has 10 nitrogen and oxygen atoms in total. The van der Waals surface area contributed by atoms with Gasteiger partial charge in [-0.1, -0.05) is 12.1 Å². The van der Waals surface area contributed by atoms with E-state index in [1.54, 1.807) is 37.6 Å². The van der Waals surface area contributed by atoms with Gasteiger partial charge < -0.3 is 24.0 Å². The number of aryl methyl sites for hydroxylation is 1. The number of methoxy groups -OCH3 is 3. The lowest BCUT2D eigenvalue weighted by atomic mass is 10.1. The molecule has 2 aromatic carbocycles. The van der Waals surface area contributed by atoms with Gasteiger partial charge in [-0.05, 0) is 60.5 Å². The van der Waals surface area contributed by atoms with Gasteiger partial charge in [0, 0.05) is 49.4 Å². The molecule has 0 saturated carbocycles. The highest BCUT2D eigenvalue weighted by Gasteiger charge is 2.24. The van der Waals surface area contributed by atoms with Gasteiger partial charge in [-0.2, -0.15) is 0 Å². The molecule has 0 aliphatic rings. The van der Waals surface area contributed by atoms with Crippen LogP contribution in [0.1, 0.15) is 32.8 Å². The first kappa shape index (κ1) is 30.6. The van der Waals surface area contributed by atoms with E-state index >= 15 is 0 Å². The van der Waals surface area contributed by atoms with Crippen LogP contribution in [0.4, 0.5) is 5.69 Å². The van der Waals surface area contributed by atoms with Crippen molar-refractivity contribution in [1.29, 1.82) is 0 Å². The molecule has 11 heteroatoms. The summed E-state index contributed by atoms with van der Waals surface area (Å²) in [5, 5.41) is 13.2. The van der Waals surface area contributed by atoms with Gasteiger partial charge in [0.15, 0.2) is 11.5 Å². The standard InChI is InChI=1S/C29H35N3O7S/c1-21-12-16-40-27(21)19-30(14-11-22-9-10-25(38-3)26(17-22)39-4)28(33)20-31(13-6-15-37-2)29(34)23-7-5-8-24(18-23)32(35)36/h5,7-10,12,16-18H,6,11,13-15,19-20H2,1-4H3. The van der Waals surface area contributed by atoms with Gasteiger partial charge in [-0.15, -0.1) is 11.3 Å². The maximum atomic E-state index is 13.7. The Morgan fingerprint density at radius 3 is 2.40 bits per heavy atom. The number of amides is 2. The number of rotatable bonds is 15. The van der Waals surface area contributed by atoms with Gasteiger partial charge in [-0.3, -0.25) is 19.7 Å². The normalized spacial score (nSPS) is 10.7. The summed E-state index contributed by atoms with van der Waals surface area (Å²) >= 11 is 1.58. The molecule has 0 spiro atoms. The number of hydrogen-bond donors (Lipinski definition) is 0. The number of hydrogen-bond acceptors (Lipinski definition) is 8. The monoisotopic (exact) mass is 569 g/mol. The highest BCUT2D eigenvalue weighted by molar-refractivity contribution is 7.10. The SMILES string of the molecule is COCCCN(CC(=O)N(CCc1ccc(OC)c(OC)c1)Cc1sccc1C)C(=O)c1cccc([N+](=O)[O-])c1. The first-order chi connectivity index (χ1) is 19.3. The molecule has 3 rings (SSSR count). The molecule has 40 heavy (non-hydrogen) atoms. The van der Waals surface area contributed by atoms with Crippen molar-refractivity contribution in [3.05, 3.63) is 85.6 Å². The molecule has 3 aromatic rings. The number of nitro benzene ring substituents is 1. The van der Waals surface area contributed by atoms with Crippen LogP contribution >= 0.6 is 11.3 Å². The molecule has 0 aliphatic heterocycles. The fourth-order valence-electron chi connectivity index (χ4n) is 4.18. The van der Waals surface area contributed by atoms with Crippen molar-refractivity contribution in [1.82, 2.24) is 9.80 Å². The molecule has 0 unspecified atom stereocenters. The van der Waals surface area contributed by atoms with Crippen LogP contribution in [-0.2, 0) is 22.5 Å². The van der Waals surface area contributed by atoms with Crippen LogP contribution in [0.5, 0.6) is 11.5 Å². The molecule has 0 bridgehead atoms. The summed E-state index contributed by atoms with van der Waals surface area (Å²) in [5.74, 6) is 0.573. The Hall–Kier alpha value is -3.96. The van der Waals surface area contributed by atoms with E-state index < -0.39 is 10.8 Å². The second-order valence-electron chi connectivity index (χ2n) is 9.16. The largest absolute Gasteiger partial charge is 0.493 e. The van der Waals surface area contributed by atoms with Crippen LogP contribution in [0.15, 0.2) is 53.9 Å². The van der Waals surface area contributed by atoms with Crippen molar-refractivity contribution in [3.63, 3.8) is 0 Å². The summed E-state index contributed by atoms with van der Waals surface area (Å²) in [6.07, 6.45) is 1.08. The first-order valence-corrected chi connectivity index (χ1v) is 13.7. The minimum atomic E-state index is -0.545. The van der Waals surface area contributed by atoms with E-state index in [9.17, 15) is 19.7 Å². The number of carbonyl (C=O) groups excluding carboxylic acids is 2. The summed E-state index contributed by atoms with van der Waals surface area (Å²) in [6, 6.07) is 13.2. The maximum absolute atomic E-state index is 13.7. The Bertz CT molecular complexity index is 1310. The van der Waals surface area contributed by atoms with Crippen molar-refractivity contribution < 1.29 is 28.7 Å². The fraction of sp³-hybridized carbons (Fsp3) is 0.379. The van der Waals surface area contributed by atoms with Crippen molar-refractivity contribution >= 4 is 28.8 Å². The Kier molecular flexibility index (Phi) is 11.5. The maximum Gasteiger partial charge on any atom is 0.270 e. The Morgan fingerprint density at radius 2 is 1.75 bits per heavy atom. The average Bonchev–Trinajstić information content (AvgIpc) is 3.37. The Labute approximate surface area is 238 Å². The summed E-state index contributed by atoms with van der Waals surface area (Å²) < 4.78 is 15.9. The van der Waals surface area contributed by atoms with Gasteiger partial charge in [0.25, 0.3) is 11.6 Å². The molecule has 214 valence electrons. The summed E-state index contributed by atoms with van der Waals surface area (Å²) in [5.41, 5.74) is 2.05. The molecule has 2 amide bonds. The van der Waals surface area contributed by atoms with Gasteiger partial charge in [0.2, 0.25) is 5.91 Å². The minimum Gasteiger partial charge on any atom is -0.493 e. The predicted molar refractivity (Wildman–Crippen MR) is 153 cm³/mol. The van der Waals surface area contributed by atoms with E-state index in [1.165, 1.54) is 29.2 Å². The third-order valence-corrected chi connectivity index (χ3v) is 7.48. The molecular weight excluding hydrogens is 534 g/mol. The van der Waals surface area contributed by atoms with Gasteiger partial charge in [0.1, 0.15) is 6.54 Å². The first-order valence-electron chi connectivity index (χ1n) is 12.8. The number of carbonyl (C=O) groups is 2. The van der Waals surface area contributed by atoms with E-state index in [0.717, 1.165) is 16.0 Å². The predicted octanol–water partition coefficient (Wildman–Crippen LogP) is 4.73. The topological polar surface area (TPSA) is 111 Å². The zero-order valence-corrected chi connectivity index (χ0v) is 24.1. The average molecular weight is 570 g/mol. The lowest BCUT2D eigenvalue weighted by Gasteiger charge is -2.28. The Balaban J connectivity index is 1.83. The number of nitro groups is 1. The van der Waals surface area contributed by atoms with Crippen molar-refractivity contribution in [3.8, 4) is 11.5 Å². The second-order valence-corrected chi connectivity index (χ2v) is 10.2. The van der Waals surface area contributed by atoms with Crippen LogP contribution < -0.4 is 9.47 Å². The van der Waals surface area contributed by atoms with E-state index in [0.29, 0.717) is 44.0 Å². The Morgan fingerprint density at radius 1 is 0.975 bits per heavy atom. The highest BCUT2D eigenvalue weighted by atomic mass is 32.1. The van der Waals surface area contributed by atoms with E-state index in [4.69, 9.17) is 14.2 Å². The number of thiophene rings is 1. The van der Waals surface area contributed by atoms with Gasteiger partial charge in [0.05, 0.1) is 25.7 Å². The molecule has 1 heterocycles. The summed E-state index contributed by atoms with van der Waals surface area (Å²) in [6.45, 7) is 3.34. The molecule has 0 N–H and O–H groups in total. The molecule has 1 aromatic heterocycles. The van der Waals surface area contributed by atoms with Crippen molar-refractivity contribution in [2.24, 2.45) is 0 Å². The quantitative estimate of drug-likeness (QED) is 0.148. The van der Waals surface area contributed by atoms with Crippen LogP contribution in [0, 0.1) is 17.0 Å². The minimum absolute atomic E-state index is 0.158. The third kappa shape index (κ3) is 8.27. The van der Waals surface area contributed by atoms with Crippen molar-refractivity contribution in [2.75, 3.05) is 47.6 Å². The van der Waals surface area contributed by atoms with E-state index in [1.807, 2.05) is 36.6 Å². The zero-order chi connectivity index (χ0) is 29.1. The third-order valence-electron chi connectivity index (χ3n) is 6.47. The zero-order valence-electron chi connectivity index (χ0n) is 23.3. The molecule has 0 aliphatic carbocycles. The van der Waals surface area contributed by atoms with E-state index in [-0.39, 0.29) is 30.2 Å². The lowest BCUT2D eigenvalue weighted by Crippen LogP contribution is -2.44. The van der Waals surface area contributed by atoms with Crippen molar-refractivity contribution in [2.45, 2.75) is 26.3 Å². The molecule has 0 atom stereocenters. The lowest BCUT2D eigenvalue weighted by molar-refractivity contribution is -0.384. The number of nitrogens with zero attached hydrogens (tertiary/aromatic N) is 3. The molecule has 0 radical (unpaired) electrons. The van der Waals surface area contributed by atoms with Gasteiger partial charge >= 0.3 is 0 Å². The number of benzene rings is 2. The summed E-state index contributed by atoms with van der Waals surface area (Å²) in [4.78, 5) is 42.1. The van der Waals surface area contributed by atoms with E-state index in [2.05, 4.69) is 0 Å². The van der Waals surface area contributed by atoms with Crippen LogP contribution in [0.2, 0.25) is 0 Å². The number of ether oxygens (including phenoxy) is 3.